The summed E-state index contributed by atoms with van der Waals surface area (Å²) in [5.41, 5.74) is 6.95. The first-order valence-corrected chi connectivity index (χ1v) is 7.96. The van der Waals surface area contributed by atoms with Crippen LogP contribution in [0.4, 0.5) is 5.69 Å². The zero-order chi connectivity index (χ0) is 14.2. The first-order valence-electron chi connectivity index (χ1n) is 6.42. The van der Waals surface area contributed by atoms with Crippen molar-refractivity contribution in [2.75, 3.05) is 11.3 Å². The average Bonchev–Trinajstić information content (AvgIpc) is 2.86. The van der Waals surface area contributed by atoms with Gasteiger partial charge in [-0.3, -0.25) is 20.6 Å². The maximum absolute atomic E-state index is 12.4. The summed E-state index contributed by atoms with van der Waals surface area (Å²) < 4.78 is 27.5. The van der Waals surface area contributed by atoms with Crippen LogP contribution in [0.1, 0.15) is 6.92 Å². The molecule has 1 aliphatic rings. The van der Waals surface area contributed by atoms with Crippen LogP contribution < -0.4 is 15.6 Å². The Morgan fingerprint density at radius 2 is 2.10 bits per heavy atom. The number of hydrogen-bond acceptors (Lipinski definition) is 5. The summed E-state index contributed by atoms with van der Waals surface area (Å²) in [5.74, 6) is 0. The molecule has 1 aromatic heterocycles. The van der Waals surface area contributed by atoms with Crippen LogP contribution in [0.25, 0.3) is 10.9 Å². The van der Waals surface area contributed by atoms with Gasteiger partial charge in [0.15, 0.2) is 0 Å². The second-order valence-electron chi connectivity index (χ2n) is 4.88. The van der Waals surface area contributed by atoms with E-state index in [4.69, 9.17) is 0 Å². The third kappa shape index (κ3) is 2.35. The number of nitrogens with zero attached hydrogens (tertiary/aromatic N) is 1. The van der Waals surface area contributed by atoms with Crippen LogP contribution in [0.15, 0.2) is 36.5 Å². The van der Waals surface area contributed by atoms with E-state index in [1.165, 1.54) is 0 Å². The molecule has 1 fully saturated rings. The number of anilines is 1. The molecule has 0 spiro atoms. The Hall–Kier alpha value is -1.70. The van der Waals surface area contributed by atoms with Crippen LogP contribution in [0, 0.1) is 0 Å². The molecule has 0 amide bonds. The summed E-state index contributed by atoms with van der Waals surface area (Å²) in [6.07, 6.45) is 1.65. The minimum absolute atomic E-state index is 0.143. The predicted octanol–water partition coefficient (Wildman–Crippen LogP) is 0.841. The molecular weight excluding hydrogens is 276 g/mol. The largest absolute Gasteiger partial charge is 0.281 e. The van der Waals surface area contributed by atoms with Gasteiger partial charge in [-0.05, 0) is 19.1 Å². The molecular formula is C13H16N4O2S. The normalized spacial score (nSPS) is 23.1. The summed E-state index contributed by atoms with van der Waals surface area (Å²) in [5, 5.41) is 0.393. The van der Waals surface area contributed by atoms with Crippen LogP contribution in [0.5, 0.6) is 0 Å². The highest BCUT2D eigenvalue weighted by Crippen LogP contribution is 2.23. The van der Waals surface area contributed by atoms with E-state index in [9.17, 15) is 8.42 Å². The van der Waals surface area contributed by atoms with Crippen molar-refractivity contribution in [3.63, 3.8) is 0 Å². The van der Waals surface area contributed by atoms with Gasteiger partial charge in [-0.1, -0.05) is 18.2 Å². The SMILES string of the molecule is CC1NNCC1S(=O)(=O)Nc1cccc2cccnc12. The van der Waals surface area contributed by atoms with Gasteiger partial charge in [0.25, 0.3) is 0 Å². The molecule has 7 heteroatoms. The van der Waals surface area contributed by atoms with Crippen LogP contribution in [0.3, 0.4) is 0 Å². The topological polar surface area (TPSA) is 83.1 Å². The maximum atomic E-state index is 12.4. The van der Waals surface area contributed by atoms with Gasteiger partial charge in [0.2, 0.25) is 10.0 Å². The highest BCUT2D eigenvalue weighted by Gasteiger charge is 2.35. The third-order valence-electron chi connectivity index (χ3n) is 3.47. The molecule has 0 radical (unpaired) electrons. The van der Waals surface area contributed by atoms with Crippen molar-refractivity contribution in [3.05, 3.63) is 36.5 Å². The molecule has 1 saturated heterocycles. The van der Waals surface area contributed by atoms with Crippen molar-refractivity contribution in [3.8, 4) is 0 Å². The number of hydrogen-bond donors (Lipinski definition) is 3. The zero-order valence-electron chi connectivity index (χ0n) is 11.0. The summed E-state index contributed by atoms with van der Waals surface area (Å²) in [7, 11) is -3.47. The number of pyridine rings is 1. The van der Waals surface area contributed by atoms with Crippen LogP contribution in [-0.4, -0.2) is 31.2 Å². The van der Waals surface area contributed by atoms with Gasteiger partial charge < -0.3 is 0 Å². The van der Waals surface area contributed by atoms with Crippen molar-refractivity contribution in [2.24, 2.45) is 0 Å². The minimum Gasteiger partial charge on any atom is -0.281 e. The standard InChI is InChI=1S/C13H16N4O2S/c1-9-12(8-15-16-9)20(18,19)17-11-6-2-4-10-5-3-7-14-13(10)11/h2-7,9,12,15-17H,8H2,1H3. The molecule has 3 N–H and O–H groups in total. The smallest absolute Gasteiger partial charge is 0.238 e. The summed E-state index contributed by atoms with van der Waals surface area (Å²) in [6.45, 7) is 2.22. The van der Waals surface area contributed by atoms with Crippen molar-refractivity contribution in [1.82, 2.24) is 15.8 Å². The molecule has 3 rings (SSSR count). The van der Waals surface area contributed by atoms with Gasteiger partial charge in [0, 0.05) is 24.2 Å². The maximum Gasteiger partial charge on any atom is 0.238 e. The van der Waals surface area contributed by atoms with Gasteiger partial charge in [-0.25, -0.2) is 8.42 Å². The fraction of sp³-hybridized carbons (Fsp3) is 0.308. The lowest BCUT2D eigenvalue weighted by atomic mass is 10.2. The highest BCUT2D eigenvalue weighted by molar-refractivity contribution is 7.93. The van der Waals surface area contributed by atoms with Gasteiger partial charge in [0.05, 0.1) is 11.2 Å². The first-order chi connectivity index (χ1) is 9.58. The first kappa shape index (κ1) is 13.3. The van der Waals surface area contributed by atoms with Gasteiger partial charge >= 0.3 is 0 Å². The molecule has 2 heterocycles. The summed E-state index contributed by atoms with van der Waals surface area (Å²) >= 11 is 0. The number of rotatable bonds is 3. The Morgan fingerprint density at radius 3 is 2.85 bits per heavy atom. The number of fused-ring (bicyclic) bond motifs is 1. The van der Waals surface area contributed by atoms with E-state index in [0.29, 0.717) is 17.7 Å². The molecule has 6 nitrogen and oxygen atoms in total. The Labute approximate surface area is 117 Å². The molecule has 0 aliphatic carbocycles. The number of sulfonamides is 1. The number of aromatic nitrogens is 1. The van der Waals surface area contributed by atoms with Gasteiger partial charge in [-0.15, -0.1) is 0 Å². The number of benzene rings is 1. The lowest BCUT2D eigenvalue weighted by molar-refractivity contribution is 0.565. The Bertz CT molecular complexity index is 727. The van der Waals surface area contributed by atoms with Crippen LogP contribution in [-0.2, 0) is 10.0 Å². The van der Waals surface area contributed by atoms with Crippen molar-refractivity contribution in [1.29, 1.82) is 0 Å². The predicted molar refractivity (Wildman–Crippen MR) is 78.7 cm³/mol. The number of nitrogens with one attached hydrogen (secondary N) is 3. The minimum atomic E-state index is -3.47. The van der Waals surface area contributed by atoms with Crippen molar-refractivity contribution >= 4 is 26.6 Å². The van der Waals surface area contributed by atoms with E-state index in [1.54, 1.807) is 12.3 Å². The lowest BCUT2D eigenvalue weighted by Gasteiger charge is -2.17. The molecule has 2 unspecified atom stereocenters. The van der Waals surface area contributed by atoms with E-state index >= 15 is 0 Å². The van der Waals surface area contributed by atoms with E-state index in [2.05, 4.69) is 20.6 Å². The second kappa shape index (κ2) is 5.01. The summed E-state index contributed by atoms with van der Waals surface area (Å²) in [4.78, 5) is 4.25. The van der Waals surface area contributed by atoms with Gasteiger partial charge in [-0.2, -0.15) is 0 Å². The molecule has 0 bridgehead atoms. The number of hydrazine groups is 1. The molecule has 2 atom stereocenters. The quantitative estimate of drug-likeness (QED) is 0.781. The van der Waals surface area contributed by atoms with E-state index in [-0.39, 0.29) is 6.04 Å². The lowest BCUT2D eigenvalue weighted by Crippen LogP contribution is -2.38. The molecule has 0 saturated carbocycles. The molecule has 1 aromatic carbocycles. The Morgan fingerprint density at radius 1 is 1.30 bits per heavy atom. The molecule has 2 aromatic rings. The zero-order valence-corrected chi connectivity index (χ0v) is 11.8. The van der Waals surface area contributed by atoms with Gasteiger partial charge in [0.1, 0.15) is 5.25 Å². The van der Waals surface area contributed by atoms with E-state index in [1.807, 2.05) is 31.2 Å². The average molecular weight is 292 g/mol. The highest BCUT2D eigenvalue weighted by atomic mass is 32.2. The third-order valence-corrected chi connectivity index (χ3v) is 5.35. The van der Waals surface area contributed by atoms with Crippen molar-refractivity contribution in [2.45, 2.75) is 18.2 Å². The fourth-order valence-electron chi connectivity index (χ4n) is 2.38. The van der Waals surface area contributed by atoms with Crippen molar-refractivity contribution < 1.29 is 8.42 Å². The fourth-order valence-corrected chi connectivity index (χ4v) is 3.92. The monoisotopic (exact) mass is 292 g/mol. The molecule has 20 heavy (non-hydrogen) atoms. The number of para-hydroxylation sites is 1. The molecule has 1 aliphatic heterocycles. The molecule has 106 valence electrons. The van der Waals surface area contributed by atoms with Crippen LogP contribution in [0.2, 0.25) is 0 Å². The second-order valence-corrected chi connectivity index (χ2v) is 6.78. The Kier molecular flexibility index (Phi) is 3.33. The Balaban J connectivity index is 1.97. The van der Waals surface area contributed by atoms with Crippen LogP contribution >= 0.6 is 0 Å². The summed E-state index contributed by atoms with van der Waals surface area (Å²) in [6, 6.07) is 9.04. The van der Waals surface area contributed by atoms with E-state index in [0.717, 1.165) is 5.39 Å². The van der Waals surface area contributed by atoms with E-state index < -0.39 is 15.3 Å².